The molecule has 0 atom stereocenters. The molecule has 0 aliphatic heterocycles. The number of rotatable bonds is 5. The van der Waals surface area contributed by atoms with Gasteiger partial charge >= 0.3 is 5.97 Å². The van der Waals surface area contributed by atoms with Crippen LogP contribution in [0, 0.1) is 0 Å². The first-order valence-electron chi connectivity index (χ1n) is 5.89. The van der Waals surface area contributed by atoms with E-state index in [2.05, 4.69) is 10.2 Å². The van der Waals surface area contributed by atoms with E-state index in [1.807, 2.05) is 0 Å². The summed E-state index contributed by atoms with van der Waals surface area (Å²) in [5.74, 6) is -0.240. The van der Waals surface area contributed by atoms with E-state index in [0.717, 1.165) is 5.39 Å². The Kier molecular flexibility index (Phi) is 3.79. The lowest BCUT2D eigenvalue weighted by Gasteiger charge is -2.06. The number of carbonyl (C=O) groups is 1. The molecule has 1 aromatic carbocycles. The van der Waals surface area contributed by atoms with Crippen LogP contribution >= 0.6 is 0 Å². The average Bonchev–Trinajstić information content (AvgIpc) is 2.41. The lowest BCUT2D eigenvalue weighted by Crippen LogP contribution is -2.11. The van der Waals surface area contributed by atoms with Crippen LogP contribution in [0.5, 0.6) is 5.75 Å². The number of carboxylic acids is 1. The predicted octanol–water partition coefficient (Wildman–Crippen LogP) is 1.34. The number of fused-ring (bicyclic) bond motifs is 1. The van der Waals surface area contributed by atoms with Crippen LogP contribution in [-0.2, 0) is 11.2 Å². The maximum Gasteiger partial charge on any atom is 0.303 e. The minimum Gasteiger partial charge on any atom is -0.497 e. The molecule has 6 heteroatoms. The van der Waals surface area contributed by atoms with Gasteiger partial charge in [-0.25, -0.2) is 5.10 Å². The van der Waals surface area contributed by atoms with Gasteiger partial charge in [-0.15, -0.1) is 0 Å². The highest BCUT2D eigenvalue weighted by Gasteiger charge is 2.08. The van der Waals surface area contributed by atoms with Gasteiger partial charge in [0.2, 0.25) is 0 Å². The molecule has 0 aliphatic carbocycles. The fourth-order valence-corrected chi connectivity index (χ4v) is 1.93. The van der Waals surface area contributed by atoms with Crippen molar-refractivity contribution in [3.05, 3.63) is 34.2 Å². The number of carboxylic acid groups (broad SMARTS) is 1. The predicted molar refractivity (Wildman–Crippen MR) is 69.5 cm³/mol. The summed E-state index contributed by atoms with van der Waals surface area (Å²) in [5.41, 5.74) is 0.411. The monoisotopic (exact) mass is 262 g/mol. The molecule has 0 saturated heterocycles. The van der Waals surface area contributed by atoms with E-state index in [9.17, 15) is 9.59 Å². The number of ether oxygens (including phenoxy) is 1. The summed E-state index contributed by atoms with van der Waals surface area (Å²) in [4.78, 5) is 22.2. The van der Waals surface area contributed by atoms with E-state index in [0.29, 0.717) is 29.7 Å². The number of aromatic amines is 1. The van der Waals surface area contributed by atoms with Crippen molar-refractivity contribution in [2.24, 2.45) is 0 Å². The van der Waals surface area contributed by atoms with Gasteiger partial charge in [-0.05, 0) is 31.0 Å². The Balaban J connectivity index is 2.37. The number of H-pyrrole nitrogens is 1. The standard InChI is InChI=1S/C13H14N2O4/c1-19-8-5-6-9-10(7-8)13(18)15-14-11(9)3-2-4-12(16)17/h5-7H,2-4H2,1H3,(H,15,18)(H,16,17). The number of nitrogens with zero attached hydrogens (tertiary/aromatic N) is 1. The highest BCUT2D eigenvalue weighted by Crippen LogP contribution is 2.20. The average molecular weight is 262 g/mol. The van der Waals surface area contributed by atoms with Crippen LogP contribution in [0.3, 0.4) is 0 Å². The number of aliphatic carboxylic acids is 1. The minimum absolute atomic E-state index is 0.0818. The van der Waals surface area contributed by atoms with Gasteiger partial charge in [0.1, 0.15) is 5.75 Å². The zero-order valence-electron chi connectivity index (χ0n) is 10.5. The van der Waals surface area contributed by atoms with Gasteiger partial charge in [0.05, 0.1) is 18.2 Å². The third-order valence-corrected chi connectivity index (χ3v) is 2.88. The Morgan fingerprint density at radius 1 is 1.42 bits per heavy atom. The SMILES string of the molecule is COc1ccc2c(CCCC(=O)O)n[nH]c(=O)c2c1. The van der Waals surface area contributed by atoms with E-state index in [1.54, 1.807) is 18.2 Å². The van der Waals surface area contributed by atoms with Gasteiger partial charge in [-0.2, -0.15) is 5.10 Å². The molecule has 1 heterocycles. The van der Waals surface area contributed by atoms with Crippen molar-refractivity contribution in [2.75, 3.05) is 7.11 Å². The second-order valence-corrected chi connectivity index (χ2v) is 4.16. The number of nitrogens with one attached hydrogen (secondary N) is 1. The number of aromatic nitrogens is 2. The molecule has 0 aliphatic rings. The third-order valence-electron chi connectivity index (χ3n) is 2.88. The molecule has 1 aromatic heterocycles. The van der Waals surface area contributed by atoms with E-state index in [1.165, 1.54) is 7.11 Å². The molecule has 0 unspecified atom stereocenters. The lowest BCUT2D eigenvalue weighted by atomic mass is 10.1. The molecule has 0 radical (unpaired) electrons. The second kappa shape index (κ2) is 5.51. The second-order valence-electron chi connectivity index (χ2n) is 4.16. The topological polar surface area (TPSA) is 92.3 Å². The molecular formula is C13H14N2O4. The normalized spacial score (nSPS) is 10.6. The van der Waals surface area contributed by atoms with Crippen molar-refractivity contribution in [3.8, 4) is 5.75 Å². The van der Waals surface area contributed by atoms with Gasteiger partial charge in [0, 0.05) is 11.8 Å². The first-order chi connectivity index (χ1) is 9.11. The molecule has 6 nitrogen and oxygen atoms in total. The molecule has 100 valence electrons. The summed E-state index contributed by atoms with van der Waals surface area (Å²) < 4.78 is 5.08. The fraction of sp³-hybridized carbons (Fsp3) is 0.308. The van der Waals surface area contributed by atoms with Crippen LogP contribution in [0.2, 0.25) is 0 Å². The zero-order valence-corrected chi connectivity index (χ0v) is 10.5. The molecule has 0 saturated carbocycles. The highest BCUT2D eigenvalue weighted by atomic mass is 16.5. The number of hydrogen-bond acceptors (Lipinski definition) is 4. The zero-order chi connectivity index (χ0) is 13.8. The molecule has 19 heavy (non-hydrogen) atoms. The van der Waals surface area contributed by atoms with E-state index in [-0.39, 0.29) is 12.0 Å². The third kappa shape index (κ3) is 2.90. The van der Waals surface area contributed by atoms with Crippen LogP contribution in [0.15, 0.2) is 23.0 Å². The maximum absolute atomic E-state index is 11.7. The largest absolute Gasteiger partial charge is 0.497 e. The molecule has 2 aromatic rings. The van der Waals surface area contributed by atoms with Crippen molar-refractivity contribution < 1.29 is 14.6 Å². The van der Waals surface area contributed by atoms with E-state index >= 15 is 0 Å². The van der Waals surface area contributed by atoms with Gasteiger partial charge in [-0.3, -0.25) is 9.59 Å². The summed E-state index contributed by atoms with van der Waals surface area (Å²) in [6.45, 7) is 0. The Morgan fingerprint density at radius 2 is 2.21 bits per heavy atom. The molecule has 2 rings (SSSR count). The van der Waals surface area contributed by atoms with Crippen molar-refractivity contribution >= 4 is 16.7 Å². The number of methoxy groups -OCH3 is 1. The summed E-state index contributed by atoms with van der Waals surface area (Å²) >= 11 is 0. The van der Waals surface area contributed by atoms with Crippen LogP contribution < -0.4 is 10.3 Å². The van der Waals surface area contributed by atoms with Gasteiger partial charge in [0.15, 0.2) is 0 Å². The van der Waals surface area contributed by atoms with Crippen LogP contribution in [0.4, 0.5) is 0 Å². The Bertz CT molecular complexity index is 663. The lowest BCUT2D eigenvalue weighted by molar-refractivity contribution is -0.137. The molecular weight excluding hydrogens is 248 g/mol. The summed E-state index contributed by atoms with van der Waals surface area (Å²) in [7, 11) is 1.53. The van der Waals surface area contributed by atoms with Crippen molar-refractivity contribution in [1.29, 1.82) is 0 Å². The number of aryl methyl sites for hydroxylation is 1. The Hall–Kier alpha value is -2.37. The molecule has 2 N–H and O–H groups in total. The smallest absolute Gasteiger partial charge is 0.303 e. The summed E-state index contributed by atoms with van der Waals surface area (Å²) in [5, 5.41) is 16.3. The van der Waals surface area contributed by atoms with Gasteiger partial charge in [-0.1, -0.05) is 0 Å². The van der Waals surface area contributed by atoms with E-state index in [4.69, 9.17) is 9.84 Å². The molecule has 0 spiro atoms. The first kappa shape index (κ1) is 13.1. The molecule has 0 fully saturated rings. The van der Waals surface area contributed by atoms with Gasteiger partial charge < -0.3 is 9.84 Å². The van der Waals surface area contributed by atoms with Crippen molar-refractivity contribution in [1.82, 2.24) is 10.2 Å². The number of benzene rings is 1. The Labute approximate surface area is 109 Å². The molecule has 0 bridgehead atoms. The van der Waals surface area contributed by atoms with Crippen LogP contribution in [0.1, 0.15) is 18.5 Å². The number of hydrogen-bond donors (Lipinski definition) is 2. The summed E-state index contributed by atoms with van der Waals surface area (Å²) in [6, 6.07) is 5.17. The fourth-order valence-electron chi connectivity index (χ4n) is 1.93. The maximum atomic E-state index is 11.7. The van der Waals surface area contributed by atoms with Crippen molar-refractivity contribution in [2.45, 2.75) is 19.3 Å². The Morgan fingerprint density at radius 3 is 2.89 bits per heavy atom. The van der Waals surface area contributed by atoms with Crippen LogP contribution in [-0.4, -0.2) is 28.4 Å². The quantitative estimate of drug-likeness (QED) is 0.848. The van der Waals surface area contributed by atoms with E-state index < -0.39 is 5.97 Å². The molecule has 0 amide bonds. The summed E-state index contributed by atoms with van der Waals surface area (Å²) in [6.07, 6.45) is 1.07. The first-order valence-corrected chi connectivity index (χ1v) is 5.89. The van der Waals surface area contributed by atoms with Crippen molar-refractivity contribution in [3.63, 3.8) is 0 Å². The van der Waals surface area contributed by atoms with Crippen LogP contribution in [0.25, 0.3) is 10.8 Å². The van der Waals surface area contributed by atoms with Gasteiger partial charge in [0.25, 0.3) is 5.56 Å². The minimum atomic E-state index is -0.838. The highest BCUT2D eigenvalue weighted by molar-refractivity contribution is 5.84.